The number of carbonyl (C=O) groups is 1. The molecule has 2 heterocycles. The molecule has 23 heavy (non-hydrogen) atoms. The van der Waals surface area contributed by atoms with Gasteiger partial charge in [-0.15, -0.1) is 12.4 Å². The Kier molecular flexibility index (Phi) is 6.41. The standard InChI is InChI=1S/C15H20F3N3O.ClH/c1-9-5-6-21(11(7-9)8-19)14(22)12-3-4-13(15(16,17)18)20-10(12)2;/h3-4,9,11H,5-8,19H2,1-2H3;1H. The molecule has 0 bridgehead atoms. The Morgan fingerprint density at radius 1 is 1.43 bits per heavy atom. The summed E-state index contributed by atoms with van der Waals surface area (Å²) in [5.74, 6) is 0.200. The van der Waals surface area contributed by atoms with Crippen LogP contribution in [0.15, 0.2) is 12.1 Å². The van der Waals surface area contributed by atoms with Crippen molar-refractivity contribution in [3.05, 3.63) is 29.1 Å². The Morgan fingerprint density at radius 3 is 2.61 bits per heavy atom. The molecule has 1 aromatic heterocycles. The number of pyridine rings is 1. The molecule has 0 radical (unpaired) electrons. The maximum atomic E-state index is 12.6. The molecule has 1 amide bonds. The van der Waals surface area contributed by atoms with Crippen molar-refractivity contribution < 1.29 is 18.0 Å². The highest BCUT2D eigenvalue weighted by Gasteiger charge is 2.34. The molecule has 4 nitrogen and oxygen atoms in total. The highest BCUT2D eigenvalue weighted by molar-refractivity contribution is 5.95. The third kappa shape index (κ3) is 4.35. The molecule has 8 heteroatoms. The molecule has 0 saturated carbocycles. The largest absolute Gasteiger partial charge is 0.433 e. The minimum absolute atomic E-state index is 0. The van der Waals surface area contributed by atoms with Crippen LogP contribution in [-0.4, -0.2) is 34.9 Å². The van der Waals surface area contributed by atoms with Gasteiger partial charge in [-0.25, -0.2) is 4.98 Å². The van der Waals surface area contributed by atoms with Crippen LogP contribution in [0, 0.1) is 12.8 Å². The van der Waals surface area contributed by atoms with E-state index in [-0.39, 0.29) is 35.6 Å². The fourth-order valence-corrected chi connectivity index (χ4v) is 2.84. The molecular weight excluding hydrogens is 331 g/mol. The lowest BCUT2D eigenvalue weighted by atomic mass is 9.91. The summed E-state index contributed by atoms with van der Waals surface area (Å²) in [5, 5.41) is 0. The highest BCUT2D eigenvalue weighted by atomic mass is 35.5. The number of carbonyl (C=O) groups excluding carboxylic acids is 1. The first-order valence-electron chi connectivity index (χ1n) is 7.30. The summed E-state index contributed by atoms with van der Waals surface area (Å²) < 4.78 is 37.9. The molecule has 1 aliphatic heterocycles. The van der Waals surface area contributed by atoms with E-state index < -0.39 is 11.9 Å². The second kappa shape index (κ2) is 7.49. The van der Waals surface area contributed by atoms with Gasteiger partial charge in [-0.2, -0.15) is 13.2 Å². The summed E-state index contributed by atoms with van der Waals surface area (Å²) >= 11 is 0. The van der Waals surface area contributed by atoms with E-state index >= 15 is 0 Å². The number of nitrogens with two attached hydrogens (primary N) is 1. The summed E-state index contributed by atoms with van der Waals surface area (Å²) in [6.07, 6.45) is -2.82. The molecule has 1 aliphatic rings. The number of hydrogen-bond donors (Lipinski definition) is 1. The van der Waals surface area contributed by atoms with Crippen LogP contribution in [0.5, 0.6) is 0 Å². The fraction of sp³-hybridized carbons (Fsp3) is 0.600. The van der Waals surface area contributed by atoms with Gasteiger partial charge in [0.2, 0.25) is 0 Å². The lowest BCUT2D eigenvalue weighted by Crippen LogP contribution is -2.49. The molecule has 2 rings (SSSR count). The lowest BCUT2D eigenvalue weighted by molar-refractivity contribution is -0.141. The van der Waals surface area contributed by atoms with Gasteiger partial charge in [0, 0.05) is 19.1 Å². The van der Waals surface area contributed by atoms with E-state index in [1.54, 1.807) is 4.90 Å². The van der Waals surface area contributed by atoms with Crippen LogP contribution < -0.4 is 5.73 Å². The second-order valence-electron chi connectivity index (χ2n) is 5.84. The predicted molar refractivity (Wildman–Crippen MR) is 83.5 cm³/mol. The summed E-state index contributed by atoms with van der Waals surface area (Å²) in [7, 11) is 0. The molecule has 0 aliphatic carbocycles. The third-order valence-electron chi connectivity index (χ3n) is 4.12. The van der Waals surface area contributed by atoms with Crippen molar-refractivity contribution in [3.63, 3.8) is 0 Å². The van der Waals surface area contributed by atoms with Gasteiger partial charge < -0.3 is 10.6 Å². The summed E-state index contributed by atoms with van der Waals surface area (Å²) in [6, 6.07) is 1.99. The molecule has 0 spiro atoms. The van der Waals surface area contributed by atoms with Gasteiger partial charge in [0.05, 0.1) is 11.3 Å². The quantitative estimate of drug-likeness (QED) is 0.891. The van der Waals surface area contributed by atoms with Crippen molar-refractivity contribution >= 4 is 18.3 Å². The number of piperidine rings is 1. The molecule has 130 valence electrons. The van der Waals surface area contributed by atoms with Gasteiger partial charge in [0.15, 0.2) is 0 Å². The molecule has 1 fully saturated rings. The zero-order chi connectivity index (χ0) is 16.5. The highest BCUT2D eigenvalue weighted by Crippen LogP contribution is 2.29. The van der Waals surface area contributed by atoms with E-state index in [9.17, 15) is 18.0 Å². The minimum atomic E-state index is -4.51. The maximum absolute atomic E-state index is 12.6. The van der Waals surface area contributed by atoms with Crippen molar-refractivity contribution in [1.29, 1.82) is 0 Å². The number of hydrogen-bond acceptors (Lipinski definition) is 3. The predicted octanol–water partition coefficient (Wildman–Crippen LogP) is 3.03. The van der Waals surface area contributed by atoms with Gasteiger partial charge in [-0.05, 0) is 37.8 Å². The van der Waals surface area contributed by atoms with Gasteiger partial charge in [0.1, 0.15) is 5.69 Å². The summed E-state index contributed by atoms with van der Waals surface area (Å²) in [4.78, 5) is 17.8. The first-order valence-corrected chi connectivity index (χ1v) is 7.30. The van der Waals surface area contributed by atoms with Gasteiger partial charge >= 0.3 is 6.18 Å². The van der Waals surface area contributed by atoms with Crippen molar-refractivity contribution in [2.75, 3.05) is 13.1 Å². The average molecular weight is 352 g/mol. The van der Waals surface area contributed by atoms with Gasteiger partial charge in [0.25, 0.3) is 5.91 Å². The topological polar surface area (TPSA) is 59.2 Å². The molecule has 1 aromatic rings. The van der Waals surface area contributed by atoms with Crippen LogP contribution in [0.2, 0.25) is 0 Å². The Bertz CT molecular complexity index is 565. The molecule has 2 unspecified atom stereocenters. The number of nitrogens with zero attached hydrogens (tertiary/aromatic N) is 2. The van der Waals surface area contributed by atoms with Crippen LogP contribution >= 0.6 is 12.4 Å². The number of amides is 1. The van der Waals surface area contributed by atoms with E-state index in [2.05, 4.69) is 11.9 Å². The van der Waals surface area contributed by atoms with Crippen LogP contribution in [0.25, 0.3) is 0 Å². The van der Waals surface area contributed by atoms with Gasteiger partial charge in [-0.1, -0.05) is 6.92 Å². The lowest BCUT2D eigenvalue weighted by Gasteiger charge is -2.38. The summed E-state index contributed by atoms with van der Waals surface area (Å²) in [6.45, 7) is 4.45. The monoisotopic (exact) mass is 351 g/mol. The van der Waals surface area contributed by atoms with Crippen LogP contribution in [0.1, 0.15) is 41.5 Å². The Balaban J connectivity index is 0.00000264. The molecule has 1 saturated heterocycles. The molecule has 2 atom stereocenters. The van der Waals surface area contributed by atoms with E-state index in [4.69, 9.17) is 5.73 Å². The third-order valence-corrected chi connectivity index (χ3v) is 4.12. The van der Waals surface area contributed by atoms with Crippen molar-refractivity contribution in [3.8, 4) is 0 Å². The molecule has 0 aromatic carbocycles. The van der Waals surface area contributed by atoms with Gasteiger partial charge in [-0.3, -0.25) is 4.79 Å². The first kappa shape index (κ1) is 19.7. The van der Waals surface area contributed by atoms with E-state index in [1.807, 2.05) is 0 Å². The zero-order valence-electron chi connectivity index (χ0n) is 13.1. The van der Waals surface area contributed by atoms with Crippen molar-refractivity contribution in [2.24, 2.45) is 11.7 Å². The van der Waals surface area contributed by atoms with E-state index in [1.165, 1.54) is 13.0 Å². The van der Waals surface area contributed by atoms with Crippen LogP contribution in [-0.2, 0) is 6.18 Å². The van der Waals surface area contributed by atoms with E-state index in [0.717, 1.165) is 18.9 Å². The SMILES string of the molecule is Cc1nc(C(F)(F)F)ccc1C(=O)N1CCC(C)CC1CN.Cl. The Hall–Kier alpha value is -1.34. The smallest absolute Gasteiger partial charge is 0.334 e. The maximum Gasteiger partial charge on any atom is 0.433 e. The number of likely N-dealkylation sites (tertiary alicyclic amines) is 1. The molecular formula is C15H21ClF3N3O. The van der Waals surface area contributed by atoms with Crippen molar-refractivity contribution in [1.82, 2.24) is 9.88 Å². The van der Waals surface area contributed by atoms with E-state index in [0.29, 0.717) is 19.0 Å². The molecule has 2 N–H and O–H groups in total. The van der Waals surface area contributed by atoms with Crippen LogP contribution in [0.3, 0.4) is 0 Å². The first-order chi connectivity index (χ1) is 10.2. The number of alkyl halides is 3. The Labute approximate surface area is 139 Å². The Morgan fingerprint density at radius 2 is 2.09 bits per heavy atom. The number of rotatable bonds is 2. The second-order valence-corrected chi connectivity index (χ2v) is 5.84. The normalized spacial score (nSPS) is 21.7. The zero-order valence-corrected chi connectivity index (χ0v) is 13.9. The average Bonchev–Trinajstić information content (AvgIpc) is 2.45. The summed E-state index contributed by atoms with van der Waals surface area (Å²) in [5.41, 5.74) is 5.05. The van der Waals surface area contributed by atoms with Crippen LogP contribution in [0.4, 0.5) is 13.2 Å². The number of halogens is 4. The number of aryl methyl sites for hydroxylation is 1. The van der Waals surface area contributed by atoms with Crippen molar-refractivity contribution in [2.45, 2.75) is 38.9 Å². The minimum Gasteiger partial charge on any atom is -0.334 e. The fourth-order valence-electron chi connectivity index (χ4n) is 2.84. The number of aromatic nitrogens is 1.